The SMILES string of the molecule is CC(=O)NC1CCN(c2nc(-c3ccsc3)nc3sc4c(c23)CCCC4)CC1. The quantitative estimate of drug-likeness (QED) is 0.693. The average Bonchev–Trinajstić information content (AvgIpc) is 3.35. The van der Waals surface area contributed by atoms with Gasteiger partial charge in [-0.05, 0) is 55.5 Å². The summed E-state index contributed by atoms with van der Waals surface area (Å²) in [6, 6.07) is 2.38. The zero-order valence-corrected chi connectivity index (χ0v) is 17.7. The topological polar surface area (TPSA) is 58.1 Å². The number of piperidine rings is 1. The maximum Gasteiger partial charge on any atom is 0.217 e. The second-order valence-electron chi connectivity index (χ2n) is 7.74. The summed E-state index contributed by atoms with van der Waals surface area (Å²) in [5.41, 5.74) is 2.59. The number of hydrogen-bond donors (Lipinski definition) is 1. The number of anilines is 1. The summed E-state index contributed by atoms with van der Waals surface area (Å²) < 4.78 is 0. The zero-order valence-electron chi connectivity index (χ0n) is 16.0. The summed E-state index contributed by atoms with van der Waals surface area (Å²) in [6.45, 7) is 3.45. The van der Waals surface area contributed by atoms with E-state index < -0.39 is 0 Å². The van der Waals surface area contributed by atoms with Crippen LogP contribution in [0.2, 0.25) is 0 Å². The number of nitrogens with one attached hydrogen (secondary N) is 1. The van der Waals surface area contributed by atoms with Crippen LogP contribution in [0.3, 0.4) is 0 Å². The summed E-state index contributed by atoms with van der Waals surface area (Å²) in [5.74, 6) is 2.01. The zero-order chi connectivity index (χ0) is 19.1. The lowest BCUT2D eigenvalue weighted by Crippen LogP contribution is -2.44. The molecule has 0 unspecified atom stereocenters. The number of fused-ring (bicyclic) bond motifs is 3. The maximum atomic E-state index is 11.4. The Morgan fingerprint density at radius 3 is 2.79 bits per heavy atom. The fraction of sp³-hybridized carbons (Fsp3) is 0.476. The fourth-order valence-electron chi connectivity index (χ4n) is 4.41. The highest BCUT2D eigenvalue weighted by molar-refractivity contribution is 7.19. The molecule has 4 heterocycles. The van der Waals surface area contributed by atoms with Crippen LogP contribution in [0.1, 0.15) is 43.0 Å². The number of carbonyl (C=O) groups is 1. The number of rotatable bonds is 3. The van der Waals surface area contributed by atoms with E-state index in [1.54, 1.807) is 18.3 Å². The summed E-state index contributed by atoms with van der Waals surface area (Å²) in [5, 5.41) is 8.57. The van der Waals surface area contributed by atoms with Crippen LogP contribution in [0.5, 0.6) is 0 Å². The number of thiophene rings is 2. The molecule has 0 atom stereocenters. The van der Waals surface area contributed by atoms with Gasteiger partial charge in [0, 0.05) is 41.9 Å². The molecule has 146 valence electrons. The second-order valence-corrected chi connectivity index (χ2v) is 9.60. The van der Waals surface area contributed by atoms with Crippen molar-refractivity contribution in [2.75, 3.05) is 18.0 Å². The molecule has 7 heteroatoms. The molecule has 0 aromatic carbocycles. The monoisotopic (exact) mass is 412 g/mol. The molecule has 0 spiro atoms. The van der Waals surface area contributed by atoms with Gasteiger partial charge in [-0.15, -0.1) is 11.3 Å². The third-order valence-corrected chi connectivity index (χ3v) is 7.65. The molecule has 3 aromatic rings. The lowest BCUT2D eigenvalue weighted by Gasteiger charge is -2.33. The van der Waals surface area contributed by atoms with Gasteiger partial charge in [-0.25, -0.2) is 9.97 Å². The molecule has 1 fully saturated rings. The Kier molecular flexibility index (Phi) is 4.80. The summed E-state index contributed by atoms with van der Waals surface area (Å²) in [4.78, 5) is 26.5. The van der Waals surface area contributed by atoms with E-state index in [1.807, 2.05) is 11.3 Å². The predicted octanol–water partition coefficient (Wildman–Crippen LogP) is 4.40. The molecule has 5 rings (SSSR count). The van der Waals surface area contributed by atoms with Crippen LogP contribution < -0.4 is 10.2 Å². The van der Waals surface area contributed by atoms with Crippen molar-refractivity contribution in [1.29, 1.82) is 0 Å². The highest BCUT2D eigenvalue weighted by Crippen LogP contribution is 2.41. The molecule has 1 saturated heterocycles. The van der Waals surface area contributed by atoms with Crippen LogP contribution in [0.25, 0.3) is 21.6 Å². The minimum Gasteiger partial charge on any atom is -0.356 e. The smallest absolute Gasteiger partial charge is 0.217 e. The van der Waals surface area contributed by atoms with Gasteiger partial charge >= 0.3 is 0 Å². The van der Waals surface area contributed by atoms with E-state index in [9.17, 15) is 4.79 Å². The van der Waals surface area contributed by atoms with Gasteiger partial charge in [0.25, 0.3) is 0 Å². The molecule has 1 N–H and O–H groups in total. The summed E-state index contributed by atoms with van der Waals surface area (Å²) in [7, 11) is 0. The summed E-state index contributed by atoms with van der Waals surface area (Å²) >= 11 is 3.55. The molecule has 1 aliphatic carbocycles. The van der Waals surface area contributed by atoms with Crippen molar-refractivity contribution in [2.45, 2.75) is 51.5 Å². The number of hydrogen-bond acceptors (Lipinski definition) is 6. The molecule has 5 nitrogen and oxygen atoms in total. The van der Waals surface area contributed by atoms with Crippen molar-refractivity contribution < 1.29 is 4.79 Å². The molecule has 1 aliphatic heterocycles. The van der Waals surface area contributed by atoms with E-state index >= 15 is 0 Å². The fourth-order valence-corrected chi connectivity index (χ4v) is 6.30. The minimum atomic E-state index is 0.0644. The Hall–Kier alpha value is -1.99. The molecule has 0 radical (unpaired) electrons. The van der Waals surface area contributed by atoms with E-state index in [0.717, 1.165) is 54.4 Å². The third kappa shape index (κ3) is 3.31. The largest absolute Gasteiger partial charge is 0.356 e. The second kappa shape index (κ2) is 7.44. The first-order valence-electron chi connectivity index (χ1n) is 10.1. The molecule has 1 amide bonds. The molecule has 28 heavy (non-hydrogen) atoms. The molecule has 3 aromatic heterocycles. The number of amides is 1. The van der Waals surface area contributed by atoms with E-state index in [-0.39, 0.29) is 11.9 Å². The van der Waals surface area contributed by atoms with Crippen molar-refractivity contribution in [1.82, 2.24) is 15.3 Å². The number of aromatic nitrogens is 2. The van der Waals surface area contributed by atoms with Gasteiger partial charge in [-0.2, -0.15) is 11.3 Å². The predicted molar refractivity (Wildman–Crippen MR) is 116 cm³/mol. The number of nitrogens with zero attached hydrogens (tertiary/aromatic N) is 3. The van der Waals surface area contributed by atoms with Crippen LogP contribution in [0.15, 0.2) is 16.8 Å². The van der Waals surface area contributed by atoms with Crippen LogP contribution in [0.4, 0.5) is 5.82 Å². The molecule has 0 bridgehead atoms. The third-order valence-electron chi connectivity index (χ3n) is 5.78. The van der Waals surface area contributed by atoms with Crippen molar-refractivity contribution in [3.8, 4) is 11.4 Å². The van der Waals surface area contributed by atoms with Crippen molar-refractivity contribution in [3.05, 3.63) is 27.3 Å². The van der Waals surface area contributed by atoms with Crippen LogP contribution in [0, 0.1) is 0 Å². The Morgan fingerprint density at radius 2 is 2.04 bits per heavy atom. The summed E-state index contributed by atoms with van der Waals surface area (Å²) in [6.07, 6.45) is 6.79. The van der Waals surface area contributed by atoms with E-state index in [2.05, 4.69) is 27.0 Å². The van der Waals surface area contributed by atoms with Gasteiger partial charge in [-0.1, -0.05) is 0 Å². The van der Waals surface area contributed by atoms with Gasteiger partial charge in [0.15, 0.2) is 5.82 Å². The Bertz CT molecular complexity index is 1000. The maximum absolute atomic E-state index is 11.4. The molecule has 0 saturated carbocycles. The normalized spacial score (nSPS) is 17.7. The van der Waals surface area contributed by atoms with Gasteiger partial charge in [0.1, 0.15) is 10.6 Å². The first kappa shape index (κ1) is 18.1. The van der Waals surface area contributed by atoms with Gasteiger partial charge < -0.3 is 10.2 Å². The van der Waals surface area contributed by atoms with Crippen molar-refractivity contribution >= 4 is 44.6 Å². The average molecular weight is 413 g/mol. The van der Waals surface area contributed by atoms with Crippen molar-refractivity contribution in [2.24, 2.45) is 0 Å². The van der Waals surface area contributed by atoms with Gasteiger partial charge in [0.05, 0.1) is 5.39 Å². The highest BCUT2D eigenvalue weighted by Gasteiger charge is 2.27. The first-order chi connectivity index (χ1) is 13.7. The number of aryl methyl sites for hydroxylation is 2. The van der Waals surface area contributed by atoms with Gasteiger partial charge in [0.2, 0.25) is 5.91 Å². The lowest BCUT2D eigenvalue weighted by atomic mass is 9.96. The Labute approximate surface area is 172 Å². The first-order valence-corrected chi connectivity index (χ1v) is 11.8. The van der Waals surface area contributed by atoms with Crippen molar-refractivity contribution in [3.63, 3.8) is 0 Å². The minimum absolute atomic E-state index is 0.0644. The Morgan fingerprint density at radius 1 is 1.21 bits per heavy atom. The molecular formula is C21H24N4OS2. The molecule has 2 aliphatic rings. The molecular weight excluding hydrogens is 388 g/mol. The van der Waals surface area contributed by atoms with Crippen LogP contribution in [-0.4, -0.2) is 35.0 Å². The van der Waals surface area contributed by atoms with E-state index in [1.165, 1.54) is 35.1 Å². The Balaban J connectivity index is 1.56. The van der Waals surface area contributed by atoms with Crippen LogP contribution in [-0.2, 0) is 17.6 Å². The van der Waals surface area contributed by atoms with E-state index in [0.29, 0.717) is 0 Å². The van der Waals surface area contributed by atoms with Crippen LogP contribution >= 0.6 is 22.7 Å². The van der Waals surface area contributed by atoms with Gasteiger partial charge in [-0.3, -0.25) is 4.79 Å². The standard InChI is InChI=1S/C21H24N4OS2/c1-13(26)22-15-6-9-25(10-7-15)20-18-16-4-2-3-5-17(16)28-21(18)24-19(23-20)14-8-11-27-12-14/h8,11-12,15H,2-7,9-10H2,1H3,(H,22,26). The lowest BCUT2D eigenvalue weighted by molar-refractivity contribution is -0.119. The highest BCUT2D eigenvalue weighted by atomic mass is 32.1. The number of carbonyl (C=O) groups excluding carboxylic acids is 1. The van der Waals surface area contributed by atoms with E-state index in [4.69, 9.17) is 9.97 Å².